The van der Waals surface area contributed by atoms with E-state index in [2.05, 4.69) is 15.4 Å². The second-order valence-electron chi connectivity index (χ2n) is 13.6. The lowest BCUT2D eigenvalue weighted by atomic mass is 9.87. The van der Waals surface area contributed by atoms with Crippen molar-refractivity contribution in [1.29, 1.82) is 0 Å². The number of carbonyl (C=O) groups excluding carboxylic acids is 3. The van der Waals surface area contributed by atoms with Gasteiger partial charge in [-0.3, -0.25) is 14.4 Å². The van der Waals surface area contributed by atoms with Gasteiger partial charge in [0, 0.05) is 13.5 Å². The van der Waals surface area contributed by atoms with Crippen LogP contribution in [0.25, 0.3) is 5.52 Å². The molecule has 2 fully saturated rings. The second-order valence-corrected chi connectivity index (χ2v) is 13.6. The van der Waals surface area contributed by atoms with Crippen molar-refractivity contribution in [2.45, 2.75) is 116 Å². The van der Waals surface area contributed by atoms with E-state index >= 15 is 0 Å². The summed E-state index contributed by atoms with van der Waals surface area (Å²) in [5, 5.41) is 18.8. The normalized spacial score (nSPS) is 25.5. The first-order valence-corrected chi connectivity index (χ1v) is 15.3. The number of nitrogens with one attached hydrogen (secondary N) is 1. The smallest absolute Gasteiger partial charge is 0.323 e. The van der Waals surface area contributed by atoms with Gasteiger partial charge in [-0.1, -0.05) is 40.0 Å². The molecule has 5 atom stereocenters. The summed E-state index contributed by atoms with van der Waals surface area (Å²) in [7, 11) is 1.44. The highest BCUT2D eigenvalue weighted by Gasteiger charge is 2.57. The lowest BCUT2D eigenvalue weighted by Gasteiger charge is -2.29. The lowest BCUT2D eigenvalue weighted by molar-refractivity contribution is -0.164. The lowest BCUT2D eigenvalue weighted by Crippen LogP contribution is -2.49. The molecule has 244 valence electrons. The largest absolute Gasteiger partial charge is 0.463 e. The number of aliphatic hydroxyl groups is 1. The molecule has 2 aromatic heterocycles. The highest BCUT2D eigenvalue weighted by Crippen LogP contribution is 2.42. The van der Waals surface area contributed by atoms with Crippen LogP contribution in [-0.4, -0.2) is 81.2 Å². The van der Waals surface area contributed by atoms with Crippen LogP contribution >= 0.6 is 0 Å². The van der Waals surface area contributed by atoms with Crippen molar-refractivity contribution in [3.05, 3.63) is 24.2 Å². The number of aromatic nitrogens is 3. The quantitative estimate of drug-likeness (QED) is 0.334. The monoisotopic (exact) mass is 617 g/mol. The van der Waals surface area contributed by atoms with Gasteiger partial charge in [0.25, 0.3) is 5.91 Å². The Morgan fingerprint density at radius 2 is 1.86 bits per heavy atom. The summed E-state index contributed by atoms with van der Waals surface area (Å²) in [6.45, 7) is 10.1. The number of hydrogen-bond acceptors (Lipinski definition) is 11. The summed E-state index contributed by atoms with van der Waals surface area (Å²) in [5.41, 5.74) is 3.84. The van der Waals surface area contributed by atoms with Gasteiger partial charge in [0.15, 0.2) is 11.9 Å². The van der Waals surface area contributed by atoms with Gasteiger partial charge in [-0.15, -0.1) is 0 Å². The molecular weight excluding hydrogens is 570 g/mol. The predicted octanol–water partition coefficient (Wildman–Crippen LogP) is 2.87. The Labute approximate surface area is 258 Å². The summed E-state index contributed by atoms with van der Waals surface area (Å²) < 4.78 is 24.6. The van der Waals surface area contributed by atoms with E-state index < -0.39 is 52.8 Å². The Morgan fingerprint density at radius 1 is 1.18 bits per heavy atom. The van der Waals surface area contributed by atoms with Crippen molar-refractivity contribution in [2.24, 2.45) is 17.1 Å². The maximum absolute atomic E-state index is 13.1. The Bertz CT molecular complexity index is 1350. The van der Waals surface area contributed by atoms with E-state index in [1.165, 1.54) is 24.4 Å². The molecule has 1 saturated carbocycles. The third-order valence-electron chi connectivity index (χ3n) is 8.92. The van der Waals surface area contributed by atoms with Gasteiger partial charge in [0.1, 0.15) is 47.9 Å². The van der Waals surface area contributed by atoms with Gasteiger partial charge in [-0.05, 0) is 57.1 Å². The number of rotatable bonds is 10. The highest BCUT2D eigenvalue weighted by atomic mass is 16.6. The zero-order valence-electron chi connectivity index (χ0n) is 26.8. The molecule has 0 radical (unpaired) electrons. The summed E-state index contributed by atoms with van der Waals surface area (Å²) >= 11 is 0. The minimum Gasteiger partial charge on any atom is -0.463 e. The molecule has 3 heterocycles. The molecule has 13 heteroatoms. The van der Waals surface area contributed by atoms with Gasteiger partial charge in [0.05, 0.1) is 5.69 Å². The first kappa shape index (κ1) is 33.8. The van der Waals surface area contributed by atoms with E-state index in [4.69, 9.17) is 24.7 Å². The van der Waals surface area contributed by atoms with Crippen molar-refractivity contribution >= 4 is 29.2 Å². The molecular formula is C31H47N5O8. The number of esters is 2. The fraction of sp³-hybridized carbons (Fsp3) is 0.710. The number of hydrogen-bond donors (Lipinski definition) is 3. The fourth-order valence-corrected chi connectivity index (χ4v) is 5.63. The average molecular weight is 618 g/mol. The molecule has 13 nitrogen and oxygen atoms in total. The van der Waals surface area contributed by atoms with Gasteiger partial charge in [-0.25, -0.2) is 9.50 Å². The summed E-state index contributed by atoms with van der Waals surface area (Å²) in [5.74, 6) is -0.971. The number of nitrogens with zero attached hydrogens (tertiary/aromatic N) is 3. The Kier molecular flexibility index (Phi) is 10.0. The van der Waals surface area contributed by atoms with E-state index in [0.717, 1.165) is 25.7 Å². The second kappa shape index (κ2) is 13.1. The van der Waals surface area contributed by atoms with Crippen LogP contribution in [0.1, 0.15) is 85.8 Å². The third-order valence-corrected chi connectivity index (χ3v) is 8.92. The molecule has 2 aliphatic rings. The number of carbonyl (C=O) groups is 3. The maximum Gasteiger partial charge on any atom is 0.323 e. The molecule has 1 aliphatic carbocycles. The van der Waals surface area contributed by atoms with Crippen LogP contribution < -0.4 is 11.1 Å². The van der Waals surface area contributed by atoms with Crippen LogP contribution in [0.2, 0.25) is 0 Å². The molecule has 4 rings (SSSR count). The number of nitrogens with two attached hydrogens (primary N) is 1. The van der Waals surface area contributed by atoms with Crippen molar-refractivity contribution < 1.29 is 38.4 Å². The molecule has 2 aromatic rings. The van der Waals surface area contributed by atoms with Crippen LogP contribution in [0.5, 0.6) is 0 Å². The minimum absolute atomic E-state index is 0.227. The topological polar surface area (TPSA) is 177 Å². The van der Waals surface area contributed by atoms with Crippen molar-refractivity contribution in [1.82, 2.24) is 14.6 Å². The number of amides is 1. The van der Waals surface area contributed by atoms with Crippen LogP contribution in [-0.2, 0) is 38.9 Å². The first-order chi connectivity index (χ1) is 20.6. The average Bonchev–Trinajstić information content (AvgIpc) is 3.52. The first-order valence-electron chi connectivity index (χ1n) is 15.3. The van der Waals surface area contributed by atoms with E-state index in [0.29, 0.717) is 17.6 Å². The van der Waals surface area contributed by atoms with Crippen molar-refractivity contribution in [3.63, 3.8) is 0 Å². The summed E-state index contributed by atoms with van der Waals surface area (Å²) in [4.78, 5) is 42.9. The molecule has 0 unspecified atom stereocenters. The summed E-state index contributed by atoms with van der Waals surface area (Å²) in [6.07, 6.45) is 3.36. The highest BCUT2D eigenvalue weighted by molar-refractivity contribution is 5.98. The van der Waals surface area contributed by atoms with Gasteiger partial charge in [0.2, 0.25) is 0 Å². The molecule has 0 bridgehead atoms. The number of aliphatic hydroxyl groups excluding tert-OH is 1. The van der Waals surface area contributed by atoms with E-state index in [1.807, 2.05) is 20.8 Å². The standard InChI is InChI=1S/C31H47N5O8/c1-29(2,3)24(32)27(39)43-23-20(16-42-22(37)15-18-11-9-8-10-12-18)44-31(6,25(23)38)21-14-13-19-26(33-17-34-36(19)21)35-28(40)30(4,5)41-7/h13-14,17-18,20,23-25,38H,8-12,15-16,32H2,1-7H3,(H,33,34,35,40)/t20-,23-,24+,25-,31+/m1/s1. The molecule has 44 heavy (non-hydrogen) atoms. The van der Waals surface area contributed by atoms with E-state index in [-0.39, 0.29) is 24.3 Å². The van der Waals surface area contributed by atoms with Crippen LogP contribution in [0, 0.1) is 11.3 Å². The van der Waals surface area contributed by atoms with Crippen LogP contribution in [0.4, 0.5) is 5.82 Å². The zero-order chi connectivity index (χ0) is 32.4. The number of fused-ring (bicyclic) bond motifs is 1. The maximum atomic E-state index is 13.1. The number of methoxy groups -OCH3 is 1. The van der Waals surface area contributed by atoms with Crippen LogP contribution in [0.3, 0.4) is 0 Å². The van der Waals surface area contributed by atoms with E-state index in [9.17, 15) is 19.5 Å². The summed E-state index contributed by atoms with van der Waals surface area (Å²) in [6, 6.07) is 2.39. The molecule has 4 N–H and O–H groups in total. The molecule has 1 aliphatic heterocycles. The Hall–Kier alpha value is -3.13. The predicted molar refractivity (Wildman–Crippen MR) is 160 cm³/mol. The van der Waals surface area contributed by atoms with Crippen LogP contribution in [0.15, 0.2) is 18.5 Å². The zero-order valence-corrected chi connectivity index (χ0v) is 26.8. The molecule has 0 spiro atoms. The minimum atomic E-state index is -1.47. The fourth-order valence-electron chi connectivity index (χ4n) is 5.63. The third kappa shape index (κ3) is 7.06. The van der Waals surface area contributed by atoms with Crippen molar-refractivity contribution in [2.75, 3.05) is 19.0 Å². The van der Waals surface area contributed by atoms with Gasteiger partial charge in [-0.2, -0.15) is 5.10 Å². The number of anilines is 1. The molecule has 1 saturated heterocycles. The van der Waals surface area contributed by atoms with Gasteiger partial charge >= 0.3 is 11.9 Å². The number of ether oxygens (including phenoxy) is 4. The molecule has 1 amide bonds. The van der Waals surface area contributed by atoms with E-state index in [1.54, 1.807) is 32.9 Å². The Balaban J connectivity index is 1.61. The van der Waals surface area contributed by atoms with Gasteiger partial charge < -0.3 is 35.1 Å². The molecule has 0 aromatic carbocycles. The SMILES string of the molecule is COC(C)(C)C(=O)Nc1ncnn2c([C@]3(C)O[C@H](COC(=O)CC4CCCCC4)[C@@H](OC(=O)[C@H](N)C(C)(C)C)[C@H]3O)ccc12. The van der Waals surface area contributed by atoms with Crippen molar-refractivity contribution in [3.8, 4) is 0 Å². The Morgan fingerprint density at radius 3 is 2.50 bits per heavy atom.